The normalized spacial score (nSPS) is 11.8. The fourth-order valence-corrected chi connectivity index (χ4v) is 2.79. The highest BCUT2D eigenvalue weighted by atomic mass is 16.5. The van der Waals surface area contributed by atoms with Gasteiger partial charge in [0.15, 0.2) is 0 Å². The third-order valence-corrected chi connectivity index (χ3v) is 4.04. The summed E-state index contributed by atoms with van der Waals surface area (Å²) in [7, 11) is 0. The van der Waals surface area contributed by atoms with Gasteiger partial charge in [0.2, 0.25) is 0 Å². The zero-order valence-corrected chi connectivity index (χ0v) is 15.6. The molecule has 2 heterocycles. The van der Waals surface area contributed by atoms with Gasteiger partial charge in [-0.1, -0.05) is 27.7 Å². The lowest BCUT2D eigenvalue weighted by molar-refractivity contribution is 0.283. The van der Waals surface area contributed by atoms with E-state index in [1.807, 2.05) is 32.3 Å². The van der Waals surface area contributed by atoms with Gasteiger partial charge in [-0.05, 0) is 48.9 Å². The van der Waals surface area contributed by atoms with Crippen LogP contribution in [0.1, 0.15) is 51.7 Å². The van der Waals surface area contributed by atoms with Crippen molar-refractivity contribution in [3.8, 4) is 22.6 Å². The van der Waals surface area contributed by atoms with Crippen molar-refractivity contribution >= 4 is 0 Å². The average Bonchev–Trinajstić information content (AvgIpc) is 2.60. The second-order valence-corrected chi connectivity index (χ2v) is 6.32. The number of ether oxygens (including phenoxy) is 2. The Morgan fingerprint density at radius 3 is 2.75 bits per heavy atom. The molecule has 0 amide bonds. The van der Waals surface area contributed by atoms with Crippen LogP contribution in [0, 0.1) is 12.8 Å². The van der Waals surface area contributed by atoms with Gasteiger partial charge in [0.1, 0.15) is 18.1 Å². The molecule has 0 N–H and O–H groups in total. The van der Waals surface area contributed by atoms with Crippen molar-refractivity contribution in [3.63, 3.8) is 0 Å². The van der Waals surface area contributed by atoms with Gasteiger partial charge in [-0.25, -0.2) is 0 Å². The number of benzene rings is 1. The quantitative estimate of drug-likeness (QED) is 0.651. The Balaban J connectivity index is 0.00000100. The molecular weight excluding hydrogens is 298 g/mol. The predicted molar refractivity (Wildman–Crippen MR) is 99.7 cm³/mol. The van der Waals surface area contributed by atoms with E-state index in [2.05, 4.69) is 37.9 Å². The Kier molecular flexibility index (Phi) is 6.65. The summed E-state index contributed by atoms with van der Waals surface area (Å²) in [5, 5.41) is 0. The molecule has 1 aliphatic heterocycles. The predicted octanol–water partition coefficient (Wildman–Crippen LogP) is 5.79. The zero-order valence-electron chi connectivity index (χ0n) is 15.6. The van der Waals surface area contributed by atoms with Crippen molar-refractivity contribution in [2.75, 3.05) is 6.61 Å². The highest BCUT2D eigenvalue weighted by Crippen LogP contribution is 2.40. The lowest BCUT2D eigenvalue weighted by atomic mass is 9.97. The Morgan fingerprint density at radius 2 is 2.00 bits per heavy atom. The number of hydrogen-bond acceptors (Lipinski definition) is 3. The third kappa shape index (κ3) is 4.28. The second kappa shape index (κ2) is 8.72. The summed E-state index contributed by atoms with van der Waals surface area (Å²) in [5.74, 6) is 2.56. The fourth-order valence-electron chi connectivity index (χ4n) is 2.79. The van der Waals surface area contributed by atoms with E-state index in [-0.39, 0.29) is 0 Å². The molecule has 0 saturated carbocycles. The van der Waals surface area contributed by atoms with E-state index in [0.717, 1.165) is 47.1 Å². The van der Waals surface area contributed by atoms with Gasteiger partial charge >= 0.3 is 0 Å². The van der Waals surface area contributed by atoms with Crippen LogP contribution in [-0.2, 0) is 6.61 Å². The van der Waals surface area contributed by atoms with Crippen LogP contribution in [0.5, 0.6) is 11.5 Å². The van der Waals surface area contributed by atoms with Crippen LogP contribution in [0.2, 0.25) is 0 Å². The van der Waals surface area contributed by atoms with E-state index in [4.69, 9.17) is 9.47 Å². The molecule has 0 aliphatic carbocycles. The monoisotopic (exact) mass is 327 g/mol. The van der Waals surface area contributed by atoms with Crippen molar-refractivity contribution in [2.45, 2.75) is 54.1 Å². The number of nitrogens with zero attached hydrogens (tertiary/aromatic N) is 1. The molecule has 0 radical (unpaired) electrons. The summed E-state index contributed by atoms with van der Waals surface area (Å²) in [6, 6.07) is 6.24. The van der Waals surface area contributed by atoms with E-state index in [1.165, 1.54) is 12.0 Å². The Hall–Kier alpha value is -2.03. The first-order valence-electron chi connectivity index (χ1n) is 8.98. The number of aromatic nitrogens is 1. The van der Waals surface area contributed by atoms with Gasteiger partial charge < -0.3 is 9.47 Å². The molecule has 0 bridgehead atoms. The Morgan fingerprint density at radius 1 is 1.21 bits per heavy atom. The van der Waals surface area contributed by atoms with Gasteiger partial charge in [0.05, 0.1) is 6.61 Å². The van der Waals surface area contributed by atoms with Crippen molar-refractivity contribution in [3.05, 3.63) is 41.7 Å². The van der Waals surface area contributed by atoms with Crippen LogP contribution in [0.4, 0.5) is 0 Å². The number of pyridine rings is 1. The summed E-state index contributed by atoms with van der Waals surface area (Å²) in [6.45, 7) is 11.9. The molecule has 1 aromatic heterocycles. The number of rotatable bonds is 5. The first kappa shape index (κ1) is 18.3. The molecule has 0 saturated heterocycles. The van der Waals surface area contributed by atoms with Crippen LogP contribution in [-0.4, -0.2) is 11.6 Å². The minimum Gasteiger partial charge on any atom is -0.493 e. The summed E-state index contributed by atoms with van der Waals surface area (Å²) >= 11 is 0. The molecule has 3 nitrogen and oxygen atoms in total. The van der Waals surface area contributed by atoms with Crippen molar-refractivity contribution in [1.82, 2.24) is 4.98 Å². The SMILES string of the molecule is CC.Cc1cc2c(cc1OCCCC(C)C)OCc1cnccc1-2. The van der Waals surface area contributed by atoms with E-state index < -0.39 is 0 Å². The molecule has 2 aromatic rings. The first-order chi connectivity index (χ1) is 11.6. The van der Waals surface area contributed by atoms with E-state index in [9.17, 15) is 0 Å². The molecule has 1 aliphatic rings. The number of fused-ring (bicyclic) bond motifs is 3. The minimum atomic E-state index is 0.575. The Bertz CT molecular complexity index is 665. The van der Waals surface area contributed by atoms with Gasteiger partial charge in [-0.15, -0.1) is 0 Å². The maximum Gasteiger partial charge on any atom is 0.131 e. The molecular formula is C21H29NO2. The second-order valence-electron chi connectivity index (χ2n) is 6.32. The molecule has 0 atom stereocenters. The van der Waals surface area contributed by atoms with Crippen molar-refractivity contribution in [2.24, 2.45) is 5.92 Å². The van der Waals surface area contributed by atoms with Gasteiger partial charge in [0, 0.05) is 29.6 Å². The highest BCUT2D eigenvalue weighted by molar-refractivity contribution is 5.76. The first-order valence-corrected chi connectivity index (χ1v) is 8.98. The molecule has 130 valence electrons. The minimum absolute atomic E-state index is 0.575. The molecule has 0 unspecified atom stereocenters. The maximum atomic E-state index is 5.95. The molecule has 3 rings (SSSR count). The summed E-state index contributed by atoms with van der Waals surface area (Å²) < 4.78 is 11.8. The molecule has 1 aromatic carbocycles. The maximum absolute atomic E-state index is 5.95. The Labute approximate surface area is 146 Å². The largest absolute Gasteiger partial charge is 0.493 e. The highest BCUT2D eigenvalue weighted by Gasteiger charge is 2.19. The van der Waals surface area contributed by atoms with Gasteiger partial charge in [-0.3, -0.25) is 4.98 Å². The van der Waals surface area contributed by atoms with Crippen LogP contribution < -0.4 is 9.47 Å². The van der Waals surface area contributed by atoms with Crippen LogP contribution >= 0.6 is 0 Å². The smallest absolute Gasteiger partial charge is 0.131 e. The van der Waals surface area contributed by atoms with E-state index in [1.54, 1.807) is 0 Å². The van der Waals surface area contributed by atoms with E-state index >= 15 is 0 Å². The van der Waals surface area contributed by atoms with Crippen LogP contribution in [0.15, 0.2) is 30.6 Å². The summed E-state index contributed by atoms with van der Waals surface area (Å²) in [5.41, 5.74) is 4.64. The van der Waals surface area contributed by atoms with Crippen LogP contribution in [0.3, 0.4) is 0 Å². The number of aryl methyl sites for hydroxylation is 1. The molecule has 3 heteroatoms. The average molecular weight is 327 g/mol. The fraction of sp³-hybridized carbons (Fsp3) is 0.476. The zero-order chi connectivity index (χ0) is 17.5. The van der Waals surface area contributed by atoms with Gasteiger partial charge in [0.25, 0.3) is 0 Å². The third-order valence-electron chi connectivity index (χ3n) is 4.04. The van der Waals surface area contributed by atoms with Crippen LogP contribution in [0.25, 0.3) is 11.1 Å². The standard InChI is InChI=1S/C19H23NO2.C2H6/c1-13(2)5-4-8-21-18-10-19-17(9-14(18)3)16-6-7-20-11-15(16)12-22-19;1-2/h6-7,9-11,13H,4-5,8,12H2,1-3H3;1-2H3. The molecule has 0 fully saturated rings. The summed E-state index contributed by atoms with van der Waals surface area (Å²) in [4.78, 5) is 4.17. The van der Waals surface area contributed by atoms with E-state index in [0.29, 0.717) is 6.61 Å². The summed E-state index contributed by atoms with van der Waals surface area (Å²) in [6.07, 6.45) is 5.99. The lowest BCUT2D eigenvalue weighted by Gasteiger charge is -2.22. The topological polar surface area (TPSA) is 31.4 Å². The lowest BCUT2D eigenvalue weighted by Crippen LogP contribution is -2.07. The van der Waals surface area contributed by atoms with Crippen molar-refractivity contribution in [1.29, 1.82) is 0 Å². The van der Waals surface area contributed by atoms with Gasteiger partial charge in [-0.2, -0.15) is 0 Å². The number of hydrogen-bond donors (Lipinski definition) is 0. The van der Waals surface area contributed by atoms with Crippen molar-refractivity contribution < 1.29 is 9.47 Å². The molecule has 0 spiro atoms. The molecule has 24 heavy (non-hydrogen) atoms.